The number of carboxylic acids is 1. The minimum Gasteiger partial charge on any atom is -0.478 e. The summed E-state index contributed by atoms with van der Waals surface area (Å²) in [6.07, 6.45) is 0. The van der Waals surface area contributed by atoms with Crippen molar-refractivity contribution in [3.05, 3.63) is 64.2 Å². The van der Waals surface area contributed by atoms with Gasteiger partial charge in [-0.05, 0) is 62.6 Å². The Labute approximate surface area is 125 Å². The van der Waals surface area contributed by atoms with E-state index < -0.39 is 5.97 Å². The summed E-state index contributed by atoms with van der Waals surface area (Å²) >= 11 is 0. The first-order valence-electron chi connectivity index (χ1n) is 7.06. The third-order valence-electron chi connectivity index (χ3n) is 3.75. The minimum atomic E-state index is -0.896. The first kappa shape index (κ1) is 15.1. The number of rotatable bonds is 4. The van der Waals surface area contributed by atoms with Gasteiger partial charge in [0.15, 0.2) is 0 Å². The Hall–Kier alpha value is -2.29. The lowest BCUT2D eigenvalue weighted by Crippen LogP contribution is -2.10. The van der Waals surface area contributed by atoms with Crippen LogP contribution in [0.15, 0.2) is 36.4 Å². The topological polar surface area (TPSA) is 49.3 Å². The zero-order valence-corrected chi connectivity index (χ0v) is 12.9. The highest BCUT2D eigenvalue weighted by Crippen LogP contribution is 2.25. The molecule has 2 N–H and O–H groups in total. The SMILES string of the molecule is Cc1ccc(C)c([C@H](C)Nc2ccc(C(=O)O)cc2C)c1. The Kier molecular flexibility index (Phi) is 4.32. The van der Waals surface area contributed by atoms with Crippen molar-refractivity contribution in [3.63, 3.8) is 0 Å². The van der Waals surface area contributed by atoms with Crippen LogP contribution >= 0.6 is 0 Å². The summed E-state index contributed by atoms with van der Waals surface area (Å²) in [4.78, 5) is 11.0. The molecule has 110 valence electrons. The van der Waals surface area contributed by atoms with Gasteiger partial charge in [-0.25, -0.2) is 4.79 Å². The Morgan fingerprint density at radius 2 is 1.76 bits per heavy atom. The summed E-state index contributed by atoms with van der Waals surface area (Å²) in [6.45, 7) is 8.23. The first-order chi connectivity index (χ1) is 9.88. The Morgan fingerprint density at radius 1 is 1.05 bits per heavy atom. The van der Waals surface area contributed by atoms with Crippen LogP contribution in [0.3, 0.4) is 0 Å². The molecule has 0 aliphatic heterocycles. The van der Waals surface area contributed by atoms with Crippen molar-refractivity contribution in [2.24, 2.45) is 0 Å². The maximum atomic E-state index is 11.0. The quantitative estimate of drug-likeness (QED) is 0.869. The van der Waals surface area contributed by atoms with Crippen molar-refractivity contribution in [2.75, 3.05) is 5.32 Å². The van der Waals surface area contributed by atoms with E-state index in [9.17, 15) is 4.79 Å². The van der Waals surface area contributed by atoms with Gasteiger partial charge in [-0.15, -0.1) is 0 Å². The molecule has 0 unspecified atom stereocenters. The molecule has 0 aliphatic rings. The smallest absolute Gasteiger partial charge is 0.335 e. The van der Waals surface area contributed by atoms with Crippen LogP contribution < -0.4 is 5.32 Å². The minimum absolute atomic E-state index is 0.166. The number of carboxylic acid groups (broad SMARTS) is 1. The summed E-state index contributed by atoms with van der Waals surface area (Å²) < 4.78 is 0. The molecule has 0 heterocycles. The van der Waals surface area contributed by atoms with E-state index in [2.05, 4.69) is 44.3 Å². The zero-order chi connectivity index (χ0) is 15.6. The summed E-state index contributed by atoms with van der Waals surface area (Å²) in [5.41, 5.74) is 5.97. The predicted molar refractivity (Wildman–Crippen MR) is 86.1 cm³/mol. The van der Waals surface area contributed by atoms with E-state index in [0.29, 0.717) is 5.56 Å². The molecule has 21 heavy (non-hydrogen) atoms. The van der Waals surface area contributed by atoms with Gasteiger partial charge >= 0.3 is 5.97 Å². The molecule has 2 rings (SSSR count). The summed E-state index contributed by atoms with van der Waals surface area (Å²) in [7, 11) is 0. The normalized spacial score (nSPS) is 12.0. The number of aryl methyl sites for hydroxylation is 3. The summed E-state index contributed by atoms with van der Waals surface area (Å²) in [6, 6.07) is 11.8. The van der Waals surface area contributed by atoms with Gasteiger partial charge in [0.25, 0.3) is 0 Å². The molecular weight excluding hydrogens is 262 g/mol. The molecule has 3 nitrogen and oxygen atoms in total. The molecule has 0 spiro atoms. The van der Waals surface area contributed by atoms with Crippen LogP contribution in [0.2, 0.25) is 0 Å². The van der Waals surface area contributed by atoms with Crippen molar-refractivity contribution in [2.45, 2.75) is 33.7 Å². The van der Waals surface area contributed by atoms with Crippen LogP contribution in [0.4, 0.5) is 5.69 Å². The molecule has 0 fully saturated rings. The number of nitrogens with one attached hydrogen (secondary N) is 1. The lowest BCUT2D eigenvalue weighted by molar-refractivity contribution is 0.0697. The molecule has 0 saturated carbocycles. The van der Waals surface area contributed by atoms with E-state index in [1.807, 2.05) is 13.0 Å². The van der Waals surface area contributed by atoms with Gasteiger partial charge in [0, 0.05) is 11.7 Å². The molecule has 0 radical (unpaired) electrons. The molecule has 0 aromatic heterocycles. The molecule has 0 bridgehead atoms. The Bertz CT molecular complexity index is 677. The second-order valence-electron chi connectivity index (χ2n) is 5.56. The highest BCUT2D eigenvalue weighted by atomic mass is 16.4. The van der Waals surface area contributed by atoms with Crippen LogP contribution in [-0.4, -0.2) is 11.1 Å². The van der Waals surface area contributed by atoms with E-state index in [-0.39, 0.29) is 6.04 Å². The molecule has 3 heteroatoms. The molecule has 1 atom stereocenters. The number of benzene rings is 2. The van der Waals surface area contributed by atoms with Crippen molar-refractivity contribution >= 4 is 11.7 Å². The van der Waals surface area contributed by atoms with Gasteiger partial charge < -0.3 is 10.4 Å². The van der Waals surface area contributed by atoms with Crippen LogP contribution in [0.25, 0.3) is 0 Å². The first-order valence-corrected chi connectivity index (χ1v) is 7.06. The fraction of sp³-hybridized carbons (Fsp3) is 0.278. The summed E-state index contributed by atoms with van der Waals surface area (Å²) in [5.74, 6) is -0.896. The van der Waals surface area contributed by atoms with E-state index >= 15 is 0 Å². The average Bonchev–Trinajstić information content (AvgIpc) is 2.43. The lowest BCUT2D eigenvalue weighted by atomic mass is 9.99. The number of aromatic carboxylic acids is 1. The van der Waals surface area contributed by atoms with E-state index in [0.717, 1.165) is 11.3 Å². The van der Waals surface area contributed by atoms with Crippen LogP contribution in [0.5, 0.6) is 0 Å². The van der Waals surface area contributed by atoms with Crippen molar-refractivity contribution in [1.82, 2.24) is 0 Å². The third-order valence-corrected chi connectivity index (χ3v) is 3.75. The van der Waals surface area contributed by atoms with Gasteiger partial charge in [-0.1, -0.05) is 23.8 Å². The molecule has 0 aliphatic carbocycles. The number of hydrogen-bond acceptors (Lipinski definition) is 2. The number of hydrogen-bond donors (Lipinski definition) is 2. The molecule has 0 saturated heterocycles. The Morgan fingerprint density at radius 3 is 2.38 bits per heavy atom. The van der Waals surface area contributed by atoms with Gasteiger partial charge in [-0.3, -0.25) is 0 Å². The van der Waals surface area contributed by atoms with Gasteiger partial charge in [0.2, 0.25) is 0 Å². The summed E-state index contributed by atoms with van der Waals surface area (Å²) in [5, 5.41) is 12.5. The lowest BCUT2D eigenvalue weighted by Gasteiger charge is -2.20. The number of carbonyl (C=O) groups is 1. The maximum Gasteiger partial charge on any atom is 0.335 e. The second-order valence-corrected chi connectivity index (χ2v) is 5.56. The van der Waals surface area contributed by atoms with Gasteiger partial charge in [0.05, 0.1) is 5.56 Å². The highest BCUT2D eigenvalue weighted by Gasteiger charge is 2.11. The molecule has 2 aromatic carbocycles. The predicted octanol–water partition coefficient (Wildman–Crippen LogP) is 4.48. The zero-order valence-electron chi connectivity index (χ0n) is 12.9. The standard InChI is InChI=1S/C18H21NO2/c1-11-5-6-12(2)16(9-11)14(4)19-17-8-7-15(18(20)21)10-13(17)3/h5-10,14,19H,1-4H3,(H,20,21)/t14-/m0/s1. The monoisotopic (exact) mass is 283 g/mol. The Balaban J connectivity index is 2.25. The van der Waals surface area contributed by atoms with E-state index in [1.165, 1.54) is 16.7 Å². The maximum absolute atomic E-state index is 11.0. The van der Waals surface area contributed by atoms with Crippen molar-refractivity contribution in [3.8, 4) is 0 Å². The van der Waals surface area contributed by atoms with Crippen molar-refractivity contribution in [1.29, 1.82) is 0 Å². The van der Waals surface area contributed by atoms with Gasteiger partial charge in [0.1, 0.15) is 0 Å². The number of anilines is 1. The fourth-order valence-electron chi connectivity index (χ4n) is 2.50. The van der Waals surface area contributed by atoms with E-state index in [1.54, 1.807) is 12.1 Å². The largest absolute Gasteiger partial charge is 0.478 e. The molecule has 0 amide bonds. The van der Waals surface area contributed by atoms with Crippen LogP contribution in [0.1, 0.15) is 45.6 Å². The highest BCUT2D eigenvalue weighted by molar-refractivity contribution is 5.88. The van der Waals surface area contributed by atoms with Crippen molar-refractivity contribution < 1.29 is 9.90 Å². The fourth-order valence-corrected chi connectivity index (χ4v) is 2.50. The van der Waals surface area contributed by atoms with E-state index in [4.69, 9.17) is 5.11 Å². The average molecular weight is 283 g/mol. The second kappa shape index (κ2) is 6.00. The molecule has 2 aromatic rings. The van der Waals surface area contributed by atoms with Crippen LogP contribution in [-0.2, 0) is 0 Å². The van der Waals surface area contributed by atoms with Crippen LogP contribution in [0, 0.1) is 20.8 Å². The third kappa shape index (κ3) is 3.43. The molecular formula is C18H21NO2. The van der Waals surface area contributed by atoms with Gasteiger partial charge in [-0.2, -0.15) is 0 Å².